The molecule has 29 heavy (non-hydrogen) atoms. The zero-order chi connectivity index (χ0) is 20.0. The van der Waals surface area contributed by atoms with E-state index in [1.807, 2.05) is 0 Å². The van der Waals surface area contributed by atoms with Gasteiger partial charge in [-0.2, -0.15) is 0 Å². The van der Waals surface area contributed by atoms with Crippen LogP contribution < -0.4 is 0 Å². The van der Waals surface area contributed by atoms with Crippen LogP contribution in [0.4, 0.5) is 0 Å². The van der Waals surface area contributed by atoms with E-state index in [1.165, 1.54) is 38.5 Å². The topological polar surface area (TPSA) is 38.7 Å². The van der Waals surface area contributed by atoms with E-state index in [0.29, 0.717) is 28.8 Å². The highest BCUT2D eigenvalue weighted by Gasteiger charge is 2.65. The van der Waals surface area contributed by atoms with Crippen LogP contribution in [-0.2, 0) is 9.47 Å². The van der Waals surface area contributed by atoms with Gasteiger partial charge in [0.1, 0.15) is 0 Å². The third kappa shape index (κ3) is 2.66. The van der Waals surface area contributed by atoms with Crippen LogP contribution in [0.25, 0.3) is 0 Å². The molecule has 6 aliphatic rings. The quantitative estimate of drug-likeness (QED) is 0.548. The summed E-state index contributed by atoms with van der Waals surface area (Å²) in [6, 6.07) is 0. The molecule has 6 rings (SSSR count). The van der Waals surface area contributed by atoms with Gasteiger partial charge in [0.15, 0.2) is 5.79 Å². The summed E-state index contributed by atoms with van der Waals surface area (Å²) in [5.41, 5.74) is 2.35. The van der Waals surface area contributed by atoms with Gasteiger partial charge in [-0.3, -0.25) is 0 Å². The zero-order valence-corrected chi connectivity index (χ0v) is 18.7. The second-order valence-corrected chi connectivity index (χ2v) is 12.3. The number of aliphatic hydroxyl groups is 1. The van der Waals surface area contributed by atoms with Gasteiger partial charge in [0.25, 0.3) is 0 Å². The first-order chi connectivity index (χ1) is 13.8. The molecule has 2 saturated heterocycles. The molecular formula is C26H40O3. The molecule has 1 N–H and O–H groups in total. The van der Waals surface area contributed by atoms with Crippen molar-refractivity contribution in [3.05, 3.63) is 11.6 Å². The van der Waals surface area contributed by atoms with Gasteiger partial charge in [-0.1, -0.05) is 32.4 Å². The molecule has 10 atom stereocenters. The molecule has 0 amide bonds. The van der Waals surface area contributed by atoms with E-state index in [9.17, 15) is 5.11 Å². The number of rotatable bonds is 0. The van der Waals surface area contributed by atoms with E-state index in [4.69, 9.17) is 9.47 Å². The molecule has 0 unspecified atom stereocenters. The van der Waals surface area contributed by atoms with Crippen molar-refractivity contribution in [1.82, 2.24) is 0 Å². The third-order valence-corrected chi connectivity index (χ3v) is 10.8. The monoisotopic (exact) mass is 400 g/mol. The van der Waals surface area contributed by atoms with E-state index in [2.05, 4.69) is 26.8 Å². The third-order valence-electron chi connectivity index (χ3n) is 10.8. The number of hydrogen-bond acceptors (Lipinski definition) is 3. The highest BCUT2D eigenvalue weighted by atomic mass is 16.7. The predicted octanol–water partition coefficient (Wildman–Crippen LogP) is 5.47. The molecule has 0 radical (unpaired) electrons. The Bertz CT molecular complexity index is 707. The van der Waals surface area contributed by atoms with Crippen molar-refractivity contribution in [1.29, 1.82) is 0 Å². The van der Waals surface area contributed by atoms with Crippen LogP contribution in [0.2, 0.25) is 0 Å². The molecule has 2 aliphatic heterocycles. The smallest absolute Gasteiger partial charge is 0.169 e. The number of aliphatic hydroxyl groups excluding tert-OH is 1. The maximum Gasteiger partial charge on any atom is 0.169 e. The summed E-state index contributed by atoms with van der Waals surface area (Å²) < 4.78 is 13.1. The van der Waals surface area contributed by atoms with Crippen LogP contribution in [0.5, 0.6) is 0 Å². The van der Waals surface area contributed by atoms with Gasteiger partial charge in [0.2, 0.25) is 0 Å². The molecular weight excluding hydrogens is 360 g/mol. The Morgan fingerprint density at radius 2 is 1.90 bits per heavy atom. The van der Waals surface area contributed by atoms with Crippen LogP contribution in [0.3, 0.4) is 0 Å². The fourth-order valence-electron chi connectivity index (χ4n) is 9.06. The van der Waals surface area contributed by atoms with Gasteiger partial charge < -0.3 is 14.6 Å². The van der Waals surface area contributed by atoms with Gasteiger partial charge in [-0.15, -0.1) is 0 Å². The van der Waals surface area contributed by atoms with Gasteiger partial charge >= 0.3 is 0 Å². The Balaban J connectivity index is 1.25. The average molecular weight is 401 g/mol. The van der Waals surface area contributed by atoms with Crippen molar-refractivity contribution in [2.45, 2.75) is 103 Å². The van der Waals surface area contributed by atoms with E-state index in [0.717, 1.165) is 50.0 Å². The molecule has 3 heteroatoms. The summed E-state index contributed by atoms with van der Waals surface area (Å²) >= 11 is 0. The van der Waals surface area contributed by atoms with Crippen molar-refractivity contribution in [2.75, 3.05) is 6.61 Å². The molecule has 0 aromatic heterocycles. The summed E-state index contributed by atoms with van der Waals surface area (Å²) in [7, 11) is 0. The molecule has 0 aromatic rings. The van der Waals surface area contributed by atoms with E-state index >= 15 is 0 Å². The molecule has 2 heterocycles. The lowest BCUT2D eigenvalue weighted by Crippen LogP contribution is -2.51. The minimum absolute atomic E-state index is 0.103. The zero-order valence-electron chi connectivity index (χ0n) is 18.7. The summed E-state index contributed by atoms with van der Waals surface area (Å²) in [4.78, 5) is 0. The molecule has 0 aromatic carbocycles. The highest BCUT2D eigenvalue weighted by Crippen LogP contribution is 2.69. The molecule has 162 valence electrons. The van der Waals surface area contributed by atoms with Gasteiger partial charge in [-0.05, 0) is 91.8 Å². The standard InChI is InChI=1S/C26H40O3/c1-16-6-11-26(28-15-16)14-22-23(29-26)13-21-19-5-4-17-12-18(27)7-9-24(17,2)20(19)8-10-25(21,22)3/h4,16,18-23,27H,5-15H2,1-3H3/t16-,18+,19-,20+,21+,22+,23+,24+,25+,26-/m1/s1. The lowest BCUT2D eigenvalue weighted by Gasteiger charge is -2.58. The number of fused-ring (bicyclic) bond motifs is 7. The van der Waals surface area contributed by atoms with E-state index < -0.39 is 0 Å². The van der Waals surface area contributed by atoms with Gasteiger partial charge in [0, 0.05) is 12.8 Å². The Labute approximate surface area is 176 Å². The van der Waals surface area contributed by atoms with Crippen LogP contribution in [0, 0.1) is 40.4 Å². The molecule has 0 bridgehead atoms. The predicted molar refractivity (Wildman–Crippen MR) is 113 cm³/mol. The molecule has 3 saturated carbocycles. The van der Waals surface area contributed by atoms with Crippen LogP contribution in [0.15, 0.2) is 11.6 Å². The van der Waals surface area contributed by atoms with E-state index in [-0.39, 0.29) is 11.9 Å². The molecule has 3 nitrogen and oxygen atoms in total. The number of allylic oxidation sites excluding steroid dienone is 1. The minimum Gasteiger partial charge on any atom is -0.393 e. The minimum atomic E-state index is -0.252. The second-order valence-electron chi connectivity index (χ2n) is 12.3. The molecule has 5 fully saturated rings. The summed E-state index contributed by atoms with van der Waals surface area (Å²) in [5.74, 6) is 3.55. The average Bonchev–Trinajstić information content (AvgIpc) is 3.18. The van der Waals surface area contributed by atoms with Crippen LogP contribution in [0.1, 0.15) is 85.0 Å². The normalized spacial score (nSPS) is 58.9. The first-order valence-electron chi connectivity index (χ1n) is 12.5. The van der Waals surface area contributed by atoms with Crippen LogP contribution in [-0.4, -0.2) is 29.7 Å². The second kappa shape index (κ2) is 6.33. The first kappa shape index (κ1) is 19.3. The highest BCUT2D eigenvalue weighted by molar-refractivity contribution is 5.26. The summed E-state index contributed by atoms with van der Waals surface area (Å²) in [5, 5.41) is 10.2. The fourth-order valence-corrected chi connectivity index (χ4v) is 9.06. The maximum atomic E-state index is 10.2. The van der Waals surface area contributed by atoms with Crippen molar-refractivity contribution in [2.24, 2.45) is 40.4 Å². The number of hydrogen-bond donors (Lipinski definition) is 1. The van der Waals surface area contributed by atoms with Crippen molar-refractivity contribution in [3.8, 4) is 0 Å². The fraction of sp³-hybridized carbons (Fsp3) is 0.923. The Morgan fingerprint density at radius 3 is 2.69 bits per heavy atom. The van der Waals surface area contributed by atoms with Gasteiger partial charge in [0.05, 0.1) is 18.8 Å². The van der Waals surface area contributed by atoms with Crippen molar-refractivity contribution in [3.63, 3.8) is 0 Å². The summed E-state index contributed by atoms with van der Waals surface area (Å²) in [6.07, 6.45) is 14.7. The Hall–Kier alpha value is -0.380. The van der Waals surface area contributed by atoms with Crippen molar-refractivity contribution >= 4 is 0 Å². The Morgan fingerprint density at radius 1 is 1.03 bits per heavy atom. The van der Waals surface area contributed by atoms with E-state index in [1.54, 1.807) is 5.57 Å². The first-order valence-corrected chi connectivity index (χ1v) is 12.5. The lowest BCUT2D eigenvalue weighted by atomic mass is 9.47. The Kier molecular flexibility index (Phi) is 4.21. The SMILES string of the molecule is C[C@@H]1CC[C@@]2(C[C@H]3[C@H](C[C@H]4[C@@H]5CC=C6C[C@@H](O)CC[C@]6(C)[C@H]5CC[C@@]43C)O2)OC1. The largest absolute Gasteiger partial charge is 0.393 e. The van der Waals surface area contributed by atoms with Crippen LogP contribution >= 0.6 is 0 Å². The summed E-state index contributed by atoms with van der Waals surface area (Å²) in [6.45, 7) is 8.32. The van der Waals surface area contributed by atoms with Gasteiger partial charge in [-0.25, -0.2) is 0 Å². The lowest BCUT2D eigenvalue weighted by molar-refractivity contribution is -0.255. The molecule has 1 spiro atoms. The van der Waals surface area contributed by atoms with Crippen molar-refractivity contribution < 1.29 is 14.6 Å². The molecule has 4 aliphatic carbocycles. The maximum absolute atomic E-state index is 10.2. The number of ether oxygens (including phenoxy) is 2.